The molecule has 24 heavy (non-hydrogen) atoms. The number of rotatable bonds is 3. The van der Waals surface area contributed by atoms with Crippen molar-refractivity contribution in [1.82, 2.24) is 9.80 Å². The van der Waals surface area contributed by atoms with E-state index >= 15 is 0 Å². The summed E-state index contributed by atoms with van der Waals surface area (Å²) in [5.41, 5.74) is 0.848. The summed E-state index contributed by atoms with van der Waals surface area (Å²) in [5.74, 6) is 1.27. The smallest absolute Gasteiger partial charge is 0.289 e. The van der Waals surface area contributed by atoms with Gasteiger partial charge in [-0.15, -0.1) is 0 Å². The first-order valence-electron chi connectivity index (χ1n) is 7.92. The van der Waals surface area contributed by atoms with Gasteiger partial charge in [-0.2, -0.15) is 0 Å². The highest BCUT2D eigenvalue weighted by atomic mass is 35.5. The molecule has 1 aliphatic heterocycles. The number of carbonyl (C=O) groups excluding carboxylic acids is 1. The Morgan fingerprint density at radius 1 is 1.12 bits per heavy atom. The molecule has 5 nitrogen and oxygen atoms in total. The minimum atomic E-state index is -0.0435. The summed E-state index contributed by atoms with van der Waals surface area (Å²) in [7, 11) is 0. The number of fused-ring (bicyclic) bond motifs is 1. The summed E-state index contributed by atoms with van der Waals surface area (Å²) >= 11 is 6.01. The quantitative estimate of drug-likeness (QED) is 0.728. The monoisotopic (exact) mass is 344 g/mol. The lowest BCUT2D eigenvalue weighted by molar-refractivity contribution is 0.0590. The van der Waals surface area contributed by atoms with E-state index in [0.717, 1.165) is 36.4 Å². The van der Waals surface area contributed by atoms with E-state index in [1.807, 2.05) is 29.2 Å². The van der Waals surface area contributed by atoms with Gasteiger partial charge in [0, 0.05) is 36.6 Å². The van der Waals surface area contributed by atoms with Crippen LogP contribution >= 0.6 is 11.6 Å². The third-order valence-corrected chi connectivity index (χ3v) is 4.54. The molecule has 1 aliphatic rings. The Labute approximate surface area is 144 Å². The molecule has 1 amide bonds. The van der Waals surface area contributed by atoms with Crippen LogP contribution in [-0.4, -0.2) is 41.9 Å². The predicted octanol–water partition coefficient (Wildman–Crippen LogP) is 3.64. The molecule has 2 aromatic heterocycles. The molecule has 0 saturated carbocycles. The highest BCUT2D eigenvalue weighted by molar-refractivity contribution is 6.31. The lowest BCUT2D eigenvalue weighted by Gasteiger charge is -2.33. The second-order valence-electron chi connectivity index (χ2n) is 5.94. The molecule has 6 heteroatoms. The maximum atomic E-state index is 12.3. The molecule has 4 rings (SSSR count). The molecule has 1 saturated heterocycles. The normalized spacial score (nSPS) is 16.0. The molecule has 0 atom stereocenters. The van der Waals surface area contributed by atoms with Gasteiger partial charge in [0.15, 0.2) is 5.76 Å². The molecule has 0 bridgehead atoms. The molecular formula is C18H17ClN2O3. The van der Waals surface area contributed by atoms with E-state index in [0.29, 0.717) is 23.9 Å². The van der Waals surface area contributed by atoms with Crippen molar-refractivity contribution in [2.45, 2.75) is 6.54 Å². The van der Waals surface area contributed by atoms with E-state index in [4.69, 9.17) is 20.4 Å². The van der Waals surface area contributed by atoms with Crippen molar-refractivity contribution in [2.24, 2.45) is 0 Å². The van der Waals surface area contributed by atoms with Crippen LogP contribution in [0.1, 0.15) is 16.3 Å². The molecule has 1 aromatic carbocycles. The summed E-state index contributed by atoms with van der Waals surface area (Å²) in [6.07, 6.45) is 1.53. The maximum Gasteiger partial charge on any atom is 0.289 e. The first-order valence-corrected chi connectivity index (χ1v) is 8.30. The van der Waals surface area contributed by atoms with Crippen LogP contribution in [0.25, 0.3) is 11.0 Å². The average Bonchev–Trinajstić information content (AvgIpc) is 3.23. The highest BCUT2D eigenvalue weighted by Crippen LogP contribution is 2.24. The number of piperazine rings is 1. The third kappa shape index (κ3) is 3.05. The van der Waals surface area contributed by atoms with Crippen LogP contribution in [0.5, 0.6) is 0 Å². The fraction of sp³-hybridized carbons (Fsp3) is 0.278. The van der Waals surface area contributed by atoms with Gasteiger partial charge in [-0.05, 0) is 36.4 Å². The molecule has 124 valence electrons. The summed E-state index contributed by atoms with van der Waals surface area (Å²) in [6, 6.07) is 11.1. The van der Waals surface area contributed by atoms with Crippen LogP contribution in [0, 0.1) is 0 Å². The van der Waals surface area contributed by atoms with Crippen molar-refractivity contribution < 1.29 is 13.6 Å². The van der Waals surface area contributed by atoms with E-state index in [-0.39, 0.29) is 5.91 Å². The van der Waals surface area contributed by atoms with E-state index in [1.54, 1.807) is 12.1 Å². The van der Waals surface area contributed by atoms with Crippen LogP contribution in [0.15, 0.2) is 51.5 Å². The Morgan fingerprint density at radius 3 is 2.71 bits per heavy atom. The lowest BCUT2D eigenvalue weighted by atomic mass is 10.2. The Hall–Kier alpha value is -2.24. The summed E-state index contributed by atoms with van der Waals surface area (Å²) in [6.45, 7) is 3.72. The minimum absolute atomic E-state index is 0.0435. The van der Waals surface area contributed by atoms with Gasteiger partial charge in [-0.3, -0.25) is 9.69 Å². The minimum Gasteiger partial charge on any atom is -0.460 e. The second kappa shape index (κ2) is 6.34. The van der Waals surface area contributed by atoms with Crippen molar-refractivity contribution in [3.63, 3.8) is 0 Å². The lowest BCUT2D eigenvalue weighted by Crippen LogP contribution is -2.48. The van der Waals surface area contributed by atoms with E-state index in [9.17, 15) is 4.79 Å². The Balaban J connectivity index is 1.38. The van der Waals surface area contributed by atoms with E-state index in [1.165, 1.54) is 6.26 Å². The molecule has 3 aromatic rings. The SMILES string of the molecule is O=C(c1ccco1)N1CCN(Cc2cc3cc(Cl)ccc3o2)CC1. The van der Waals surface area contributed by atoms with Crippen LogP contribution < -0.4 is 0 Å². The van der Waals surface area contributed by atoms with Crippen molar-refractivity contribution in [3.8, 4) is 0 Å². The van der Waals surface area contributed by atoms with Crippen LogP contribution in [0.4, 0.5) is 0 Å². The first kappa shape index (κ1) is 15.3. The fourth-order valence-corrected chi connectivity index (χ4v) is 3.21. The van der Waals surface area contributed by atoms with Crippen molar-refractivity contribution in [3.05, 3.63) is 59.2 Å². The number of nitrogens with zero attached hydrogens (tertiary/aromatic N) is 2. The Bertz CT molecular complexity index is 848. The molecule has 0 radical (unpaired) electrons. The topological polar surface area (TPSA) is 49.8 Å². The molecule has 0 unspecified atom stereocenters. The van der Waals surface area contributed by atoms with Crippen LogP contribution in [-0.2, 0) is 6.54 Å². The average molecular weight is 345 g/mol. The van der Waals surface area contributed by atoms with Gasteiger partial charge in [-0.25, -0.2) is 0 Å². The van der Waals surface area contributed by atoms with E-state index < -0.39 is 0 Å². The van der Waals surface area contributed by atoms with Crippen LogP contribution in [0.3, 0.4) is 0 Å². The number of hydrogen-bond acceptors (Lipinski definition) is 4. The Morgan fingerprint density at radius 2 is 1.96 bits per heavy atom. The second-order valence-corrected chi connectivity index (χ2v) is 6.38. The first-order chi connectivity index (χ1) is 11.7. The highest BCUT2D eigenvalue weighted by Gasteiger charge is 2.24. The van der Waals surface area contributed by atoms with Gasteiger partial charge in [-0.1, -0.05) is 11.6 Å². The predicted molar refractivity (Wildman–Crippen MR) is 91.1 cm³/mol. The van der Waals surface area contributed by atoms with Gasteiger partial charge in [0.25, 0.3) is 5.91 Å². The van der Waals surface area contributed by atoms with Gasteiger partial charge < -0.3 is 13.7 Å². The number of halogens is 1. The summed E-state index contributed by atoms with van der Waals surface area (Å²) in [4.78, 5) is 16.4. The molecule has 1 fully saturated rings. The summed E-state index contributed by atoms with van der Waals surface area (Å²) < 4.78 is 11.0. The van der Waals surface area contributed by atoms with Crippen LogP contribution in [0.2, 0.25) is 5.02 Å². The molecular weight excluding hydrogens is 328 g/mol. The number of amides is 1. The Kier molecular flexibility index (Phi) is 4.04. The van der Waals surface area contributed by atoms with Gasteiger partial charge >= 0.3 is 0 Å². The van der Waals surface area contributed by atoms with Crippen molar-refractivity contribution >= 4 is 28.5 Å². The van der Waals surface area contributed by atoms with E-state index in [2.05, 4.69) is 4.90 Å². The number of furan rings is 2. The zero-order valence-corrected chi connectivity index (χ0v) is 13.8. The molecule has 0 spiro atoms. The molecule has 0 aliphatic carbocycles. The molecule has 0 N–H and O–H groups in total. The standard InChI is InChI=1S/C18H17ClN2O3/c19-14-3-4-16-13(10-14)11-15(24-16)12-20-5-7-21(8-6-20)18(22)17-2-1-9-23-17/h1-4,9-11H,5-8,12H2. The molecule has 3 heterocycles. The zero-order valence-electron chi connectivity index (χ0n) is 13.1. The third-order valence-electron chi connectivity index (χ3n) is 4.30. The largest absolute Gasteiger partial charge is 0.460 e. The maximum absolute atomic E-state index is 12.3. The number of benzene rings is 1. The summed E-state index contributed by atoms with van der Waals surface area (Å²) in [5, 5.41) is 1.73. The number of hydrogen-bond donors (Lipinski definition) is 0. The van der Waals surface area contributed by atoms with Crippen molar-refractivity contribution in [1.29, 1.82) is 0 Å². The van der Waals surface area contributed by atoms with Gasteiger partial charge in [0.2, 0.25) is 0 Å². The fourth-order valence-electron chi connectivity index (χ4n) is 3.03. The number of carbonyl (C=O) groups is 1. The van der Waals surface area contributed by atoms with Crippen molar-refractivity contribution in [2.75, 3.05) is 26.2 Å². The van der Waals surface area contributed by atoms with Gasteiger partial charge in [0.05, 0.1) is 12.8 Å². The van der Waals surface area contributed by atoms with Gasteiger partial charge in [0.1, 0.15) is 11.3 Å². The zero-order chi connectivity index (χ0) is 16.5.